The summed E-state index contributed by atoms with van der Waals surface area (Å²) in [6.45, 7) is 0. The van der Waals surface area contributed by atoms with Gasteiger partial charge in [0.05, 0.1) is 16.8 Å². The zero-order valence-electron chi connectivity index (χ0n) is 14.6. The van der Waals surface area contributed by atoms with Crippen molar-refractivity contribution < 1.29 is 14.7 Å². The van der Waals surface area contributed by atoms with E-state index >= 15 is 0 Å². The number of benzene rings is 3. The number of amides is 2. The minimum absolute atomic E-state index is 0.0600. The molecule has 0 fully saturated rings. The van der Waals surface area contributed by atoms with E-state index in [-0.39, 0.29) is 11.7 Å². The Morgan fingerprint density at radius 3 is 2.46 bits per heavy atom. The van der Waals surface area contributed by atoms with Gasteiger partial charge in [-0.25, -0.2) is 5.43 Å². The van der Waals surface area contributed by atoms with Crippen LogP contribution in [0.15, 0.2) is 77.9 Å². The number of nitrogens with zero attached hydrogens (tertiary/aromatic N) is 1. The second kappa shape index (κ2) is 8.83. The Kier molecular flexibility index (Phi) is 6.04. The first-order chi connectivity index (χ1) is 13.5. The first-order valence-corrected chi connectivity index (χ1v) is 8.70. The van der Waals surface area contributed by atoms with Crippen molar-refractivity contribution in [3.63, 3.8) is 0 Å². The molecule has 3 aromatic carbocycles. The van der Waals surface area contributed by atoms with E-state index in [1.54, 1.807) is 60.7 Å². The second-order valence-corrected chi connectivity index (χ2v) is 6.18. The van der Waals surface area contributed by atoms with Crippen LogP contribution in [-0.4, -0.2) is 23.1 Å². The molecule has 140 valence electrons. The number of halogens is 1. The molecule has 7 heteroatoms. The van der Waals surface area contributed by atoms with Crippen LogP contribution < -0.4 is 10.7 Å². The summed E-state index contributed by atoms with van der Waals surface area (Å²) in [4.78, 5) is 24.6. The number of anilines is 1. The summed E-state index contributed by atoms with van der Waals surface area (Å²) in [6.07, 6.45) is 1.34. The zero-order valence-corrected chi connectivity index (χ0v) is 15.4. The number of phenols is 1. The topological polar surface area (TPSA) is 90.8 Å². The fraction of sp³-hybridized carbons (Fsp3) is 0. The third kappa shape index (κ3) is 4.75. The lowest BCUT2D eigenvalue weighted by Gasteiger charge is -2.08. The van der Waals surface area contributed by atoms with Gasteiger partial charge in [0.15, 0.2) is 0 Å². The van der Waals surface area contributed by atoms with Crippen LogP contribution >= 0.6 is 11.6 Å². The first-order valence-electron chi connectivity index (χ1n) is 8.32. The van der Waals surface area contributed by atoms with E-state index < -0.39 is 5.91 Å². The smallest absolute Gasteiger partial charge is 0.271 e. The van der Waals surface area contributed by atoms with Gasteiger partial charge < -0.3 is 10.4 Å². The van der Waals surface area contributed by atoms with E-state index in [4.69, 9.17) is 11.6 Å². The largest absolute Gasteiger partial charge is 0.507 e. The number of nitrogens with one attached hydrogen (secondary N) is 2. The van der Waals surface area contributed by atoms with Gasteiger partial charge >= 0.3 is 0 Å². The molecule has 0 heterocycles. The summed E-state index contributed by atoms with van der Waals surface area (Å²) in [7, 11) is 0. The molecule has 0 saturated heterocycles. The van der Waals surface area contributed by atoms with E-state index in [1.165, 1.54) is 18.3 Å². The predicted octanol–water partition coefficient (Wildman–Crippen LogP) is 4.06. The van der Waals surface area contributed by atoms with Crippen LogP contribution in [0, 0.1) is 0 Å². The number of hydrazone groups is 1. The molecule has 0 unspecified atom stereocenters. The van der Waals surface area contributed by atoms with Crippen LogP contribution in [0.25, 0.3) is 0 Å². The summed E-state index contributed by atoms with van der Waals surface area (Å²) in [6, 6.07) is 19.7. The molecule has 0 spiro atoms. The molecule has 0 bridgehead atoms. The maximum Gasteiger partial charge on any atom is 0.271 e. The lowest BCUT2D eigenvalue weighted by Crippen LogP contribution is -2.18. The molecule has 6 nitrogen and oxygen atoms in total. The van der Waals surface area contributed by atoms with Crippen molar-refractivity contribution in [2.75, 3.05) is 5.32 Å². The summed E-state index contributed by atoms with van der Waals surface area (Å²) >= 11 is 6.03. The maximum atomic E-state index is 12.3. The van der Waals surface area contributed by atoms with Crippen molar-refractivity contribution >= 4 is 35.3 Å². The maximum absolute atomic E-state index is 12.3. The highest BCUT2D eigenvalue weighted by atomic mass is 35.5. The number of phenolic OH excluding ortho intramolecular Hbond substituents is 1. The van der Waals surface area contributed by atoms with Crippen molar-refractivity contribution in [1.82, 2.24) is 5.43 Å². The lowest BCUT2D eigenvalue weighted by atomic mass is 10.1. The van der Waals surface area contributed by atoms with Gasteiger partial charge in [-0.05, 0) is 42.5 Å². The van der Waals surface area contributed by atoms with Gasteiger partial charge in [-0.15, -0.1) is 0 Å². The van der Waals surface area contributed by atoms with Gasteiger partial charge in [0.2, 0.25) is 0 Å². The molecule has 0 aliphatic carbocycles. The Hall–Kier alpha value is -3.64. The normalized spacial score (nSPS) is 10.6. The summed E-state index contributed by atoms with van der Waals surface area (Å²) in [5.41, 5.74) is 3.95. The van der Waals surface area contributed by atoms with E-state index in [2.05, 4.69) is 15.8 Å². The van der Waals surface area contributed by atoms with E-state index in [0.717, 1.165) is 0 Å². The molecule has 3 aromatic rings. The predicted molar refractivity (Wildman–Crippen MR) is 109 cm³/mol. The van der Waals surface area contributed by atoms with Crippen molar-refractivity contribution in [1.29, 1.82) is 0 Å². The third-order valence-corrected chi connectivity index (χ3v) is 4.14. The third-order valence-electron chi connectivity index (χ3n) is 3.81. The molecule has 28 heavy (non-hydrogen) atoms. The fourth-order valence-electron chi connectivity index (χ4n) is 2.40. The summed E-state index contributed by atoms with van der Waals surface area (Å²) in [5, 5.41) is 16.6. The monoisotopic (exact) mass is 393 g/mol. The van der Waals surface area contributed by atoms with Crippen LogP contribution in [0.5, 0.6) is 5.75 Å². The molecule has 0 saturated carbocycles. The van der Waals surface area contributed by atoms with Gasteiger partial charge in [-0.1, -0.05) is 41.9 Å². The fourth-order valence-corrected chi connectivity index (χ4v) is 2.63. The zero-order chi connectivity index (χ0) is 19.9. The minimum atomic E-state index is -0.458. The van der Waals surface area contributed by atoms with E-state index in [9.17, 15) is 14.7 Å². The number of aromatic hydroxyl groups is 1. The Labute approximate surface area is 166 Å². The van der Waals surface area contributed by atoms with Crippen molar-refractivity contribution in [3.8, 4) is 5.75 Å². The van der Waals surface area contributed by atoms with Crippen LogP contribution in [0.1, 0.15) is 26.3 Å². The van der Waals surface area contributed by atoms with E-state index in [1.807, 2.05) is 0 Å². The molecule has 0 radical (unpaired) electrons. The molecule has 3 rings (SSSR count). The molecule has 0 aliphatic heterocycles. The van der Waals surface area contributed by atoms with Crippen LogP contribution in [-0.2, 0) is 0 Å². The van der Waals surface area contributed by atoms with Crippen molar-refractivity contribution in [2.24, 2.45) is 5.10 Å². The minimum Gasteiger partial charge on any atom is -0.507 e. The van der Waals surface area contributed by atoms with Gasteiger partial charge in [-0.3, -0.25) is 9.59 Å². The highest BCUT2D eigenvalue weighted by molar-refractivity contribution is 6.34. The van der Waals surface area contributed by atoms with Crippen molar-refractivity contribution in [3.05, 3.63) is 94.5 Å². The Morgan fingerprint density at radius 2 is 1.68 bits per heavy atom. The van der Waals surface area contributed by atoms with Gasteiger partial charge in [-0.2, -0.15) is 5.10 Å². The average molecular weight is 394 g/mol. The van der Waals surface area contributed by atoms with Crippen LogP contribution in [0.2, 0.25) is 5.02 Å². The van der Waals surface area contributed by atoms with Gasteiger partial charge in [0, 0.05) is 16.8 Å². The number of hydrogen-bond donors (Lipinski definition) is 3. The second-order valence-electron chi connectivity index (χ2n) is 5.77. The van der Waals surface area contributed by atoms with Gasteiger partial charge in [0.25, 0.3) is 11.8 Å². The molecule has 0 aromatic heterocycles. The Morgan fingerprint density at radius 1 is 0.929 bits per heavy atom. The van der Waals surface area contributed by atoms with Crippen molar-refractivity contribution in [2.45, 2.75) is 0 Å². The quantitative estimate of drug-likeness (QED) is 0.451. The number of rotatable bonds is 5. The SMILES string of the molecule is O=C(N/N=C/c1ccccc1O)c1cccc(NC(=O)c2ccccc2Cl)c1. The van der Waals surface area contributed by atoms with Crippen LogP contribution in [0.4, 0.5) is 5.69 Å². The molecule has 0 aliphatic rings. The Bertz CT molecular complexity index is 1050. The Balaban J connectivity index is 1.67. The highest BCUT2D eigenvalue weighted by Crippen LogP contribution is 2.18. The highest BCUT2D eigenvalue weighted by Gasteiger charge is 2.11. The lowest BCUT2D eigenvalue weighted by molar-refractivity contribution is 0.0953. The van der Waals surface area contributed by atoms with Crippen LogP contribution in [0.3, 0.4) is 0 Å². The van der Waals surface area contributed by atoms with E-state index in [0.29, 0.717) is 27.4 Å². The summed E-state index contributed by atoms with van der Waals surface area (Å²) in [5.74, 6) is -0.772. The first kappa shape index (κ1) is 19.1. The standard InChI is InChI=1S/C21H16ClN3O3/c22-18-10-3-2-9-17(18)21(28)24-16-8-5-7-14(12-16)20(27)25-23-13-15-6-1-4-11-19(15)26/h1-13,26H,(H,24,28)(H,25,27)/b23-13+. The number of carbonyl (C=O) groups is 2. The van der Waals surface area contributed by atoms with Gasteiger partial charge in [0.1, 0.15) is 5.75 Å². The number of carbonyl (C=O) groups excluding carboxylic acids is 2. The number of para-hydroxylation sites is 1. The molecule has 0 atom stereocenters. The molecular formula is C21H16ClN3O3. The molecule has 3 N–H and O–H groups in total. The molecular weight excluding hydrogens is 378 g/mol. The average Bonchev–Trinajstić information content (AvgIpc) is 2.70. The summed E-state index contributed by atoms with van der Waals surface area (Å²) < 4.78 is 0. The molecule has 2 amide bonds. The number of hydrogen-bond acceptors (Lipinski definition) is 4.